The van der Waals surface area contributed by atoms with Crippen LogP contribution in [0.2, 0.25) is 37.8 Å². The van der Waals surface area contributed by atoms with Crippen LogP contribution in [-0.2, 0) is 13.6 Å². The van der Waals surface area contributed by atoms with Crippen molar-refractivity contribution < 1.29 is 13.6 Å². The normalized spacial score (nSPS) is 19.1. The first-order valence-corrected chi connectivity index (χ1v) is 15.3. The van der Waals surface area contributed by atoms with Gasteiger partial charge < -0.3 is 13.6 Å². The summed E-state index contributed by atoms with van der Waals surface area (Å²) in [5.41, 5.74) is 0. The topological polar surface area (TPSA) is 35.5 Å². The van der Waals surface area contributed by atoms with E-state index in [1.165, 1.54) is 0 Å². The summed E-state index contributed by atoms with van der Waals surface area (Å²) in [6, 6.07) is 0. The average molecular weight is 361 g/mol. The summed E-state index contributed by atoms with van der Waals surface area (Å²) in [7, 11) is -3.55. The lowest BCUT2D eigenvalue weighted by Crippen LogP contribution is -2.50. The van der Waals surface area contributed by atoms with Crippen LogP contribution in [0.1, 0.15) is 48.0 Å². The Hall–Kier alpha value is 0.0238. The maximum Gasteiger partial charge on any atom is 0.192 e. The molecule has 3 nitrogen and oxygen atoms in total. The molecule has 0 aromatic heterocycles. The van der Waals surface area contributed by atoms with E-state index < -0.39 is 16.6 Å². The molecular weight excluding hydrogens is 320 g/mol. The minimum atomic E-state index is -1.93. The maximum absolute atomic E-state index is 11.5. The van der Waals surface area contributed by atoms with Crippen LogP contribution in [0.15, 0.2) is 0 Å². The molecule has 0 fully saturated rings. The van der Waals surface area contributed by atoms with Crippen molar-refractivity contribution in [3.8, 4) is 0 Å². The number of hydrogen-bond donors (Lipinski definition) is 0. The van der Waals surface area contributed by atoms with Gasteiger partial charge in [-0.1, -0.05) is 41.5 Å². The van der Waals surface area contributed by atoms with Crippen LogP contribution in [0.5, 0.6) is 0 Å². The molecule has 138 valence electrons. The highest BCUT2D eigenvalue weighted by Gasteiger charge is 2.43. The second kappa shape index (κ2) is 8.41. The van der Waals surface area contributed by atoms with Crippen molar-refractivity contribution in [1.82, 2.24) is 0 Å². The van der Waals surface area contributed by atoms with E-state index in [1.54, 1.807) is 0 Å². The first-order chi connectivity index (χ1) is 10.2. The lowest BCUT2D eigenvalue weighted by atomic mass is 9.89. The highest BCUT2D eigenvalue weighted by Crippen LogP contribution is 2.39. The van der Waals surface area contributed by atoms with Gasteiger partial charge in [-0.15, -0.1) is 0 Å². The third kappa shape index (κ3) is 7.20. The van der Waals surface area contributed by atoms with E-state index in [9.17, 15) is 4.79 Å². The van der Waals surface area contributed by atoms with Gasteiger partial charge in [0.25, 0.3) is 0 Å². The van der Waals surface area contributed by atoms with Gasteiger partial charge in [0, 0.05) is 17.9 Å². The molecule has 5 heteroatoms. The zero-order valence-corrected chi connectivity index (χ0v) is 19.3. The molecule has 23 heavy (non-hydrogen) atoms. The third-order valence-electron chi connectivity index (χ3n) is 4.98. The Morgan fingerprint density at radius 1 is 1.00 bits per heavy atom. The molecule has 0 saturated heterocycles. The van der Waals surface area contributed by atoms with Crippen LogP contribution in [0.3, 0.4) is 0 Å². The molecule has 0 aliphatic heterocycles. The second-order valence-electron chi connectivity index (χ2n) is 9.37. The van der Waals surface area contributed by atoms with Gasteiger partial charge in [0.2, 0.25) is 0 Å². The summed E-state index contributed by atoms with van der Waals surface area (Å²) in [5, 5.41) is 0.134. The van der Waals surface area contributed by atoms with Crippen molar-refractivity contribution in [1.29, 1.82) is 0 Å². The van der Waals surface area contributed by atoms with Crippen LogP contribution in [-0.4, -0.2) is 35.1 Å². The fraction of sp³-hybridized carbons (Fsp3) is 0.944. The van der Waals surface area contributed by atoms with Crippen LogP contribution in [0.25, 0.3) is 0 Å². The molecular formula is C18H40O3Si2. The molecule has 0 aliphatic carbocycles. The number of aldehydes is 1. The Balaban J connectivity index is 5.42. The van der Waals surface area contributed by atoms with E-state index in [0.717, 1.165) is 12.7 Å². The first-order valence-electron chi connectivity index (χ1n) is 8.97. The molecule has 0 heterocycles. The van der Waals surface area contributed by atoms with E-state index in [1.807, 2.05) is 6.92 Å². The SMILES string of the molecule is CC[C@H](O[Si](C)(C)C)[C@@H](C)[C@@H](O[Si](C)(C)C(C)(C)C)[C@@H](C)C=O. The minimum absolute atomic E-state index is 0.0744. The largest absolute Gasteiger partial charge is 0.414 e. The molecule has 0 N–H and O–H groups in total. The van der Waals surface area contributed by atoms with Crippen molar-refractivity contribution >= 4 is 22.9 Å². The summed E-state index contributed by atoms with van der Waals surface area (Å²) >= 11 is 0. The van der Waals surface area contributed by atoms with Gasteiger partial charge >= 0.3 is 0 Å². The average Bonchev–Trinajstić information content (AvgIpc) is 2.38. The van der Waals surface area contributed by atoms with E-state index in [-0.39, 0.29) is 29.1 Å². The lowest BCUT2D eigenvalue weighted by molar-refractivity contribution is -0.115. The van der Waals surface area contributed by atoms with E-state index >= 15 is 0 Å². The molecule has 0 aromatic carbocycles. The molecule has 0 aromatic rings. The molecule has 4 atom stereocenters. The zero-order valence-electron chi connectivity index (χ0n) is 17.3. The van der Waals surface area contributed by atoms with Crippen LogP contribution >= 0.6 is 0 Å². The Bertz CT molecular complexity index is 369. The van der Waals surface area contributed by atoms with Crippen molar-refractivity contribution in [2.24, 2.45) is 11.8 Å². The van der Waals surface area contributed by atoms with Gasteiger partial charge in [0.15, 0.2) is 16.6 Å². The summed E-state index contributed by atoms with van der Waals surface area (Å²) in [6.07, 6.45) is 2.07. The molecule has 0 bridgehead atoms. The van der Waals surface area contributed by atoms with Gasteiger partial charge in [-0.25, -0.2) is 0 Å². The predicted octanol–water partition coefficient (Wildman–Crippen LogP) is 5.48. The van der Waals surface area contributed by atoms with Crippen molar-refractivity contribution in [3.05, 3.63) is 0 Å². The fourth-order valence-electron chi connectivity index (χ4n) is 2.52. The minimum Gasteiger partial charge on any atom is -0.414 e. The third-order valence-corrected chi connectivity index (χ3v) is 10.5. The number of carbonyl (C=O) groups is 1. The van der Waals surface area contributed by atoms with E-state index in [4.69, 9.17) is 8.85 Å². The smallest absolute Gasteiger partial charge is 0.192 e. The van der Waals surface area contributed by atoms with Gasteiger partial charge in [-0.2, -0.15) is 0 Å². The van der Waals surface area contributed by atoms with Crippen LogP contribution in [0, 0.1) is 11.8 Å². The van der Waals surface area contributed by atoms with Crippen LogP contribution < -0.4 is 0 Å². The van der Waals surface area contributed by atoms with Crippen LogP contribution in [0.4, 0.5) is 0 Å². The molecule has 0 amide bonds. The standard InChI is InChI=1S/C18H40O3Si2/c1-12-16(20-22(7,8)9)15(3)17(14(2)13-19)21-23(10,11)18(4,5)6/h13-17H,12H2,1-11H3/t14-,15+,16-,17-/m0/s1. The number of hydrogen-bond acceptors (Lipinski definition) is 3. The Labute approximate surface area is 146 Å². The summed E-state index contributed by atoms with van der Waals surface area (Å²) in [5.74, 6) is 0.0967. The second-order valence-corrected chi connectivity index (χ2v) is 18.6. The van der Waals surface area contributed by atoms with Crippen molar-refractivity contribution in [2.75, 3.05) is 0 Å². The van der Waals surface area contributed by atoms with Gasteiger partial charge in [0.05, 0.1) is 6.10 Å². The lowest BCUT2D eigenvalue weighted by Gasteiger charge is -2.44. The van der Waals surface area contributed by atoms with Crippen molar-refractivity contribution in [3.63, 3.8) is 0 Å². The molecule has 0 spiro atoms. The number of carbonyl (C=O) groups excluding carboxylic acids is 1. The fourth-order valence-corrected chi connectivity index (χ4v) is 5.27. The zero-order chi connectivity index (χ0) is 18.6. The molecule has 0 aliphatic rings. The monoisotopic (exact) mass is 360 g/mol. The molecule has 0 saturated carbocycles. The van der Waals surface area contributed by atoms with Crippen molar-refractivity contribution in [2.45, 2.75) is 97.9 Å². The quantitative estimate of drug-likeness (QED) is 0.403. The highest BCUT2D eigenvalue weighted by molar-refractivity contribution is 6.74. The summed E-state index contributed by atoms with van der Waals surface area (Å²) in [6.45, 7) is 24.2. The van der Waals surface area contributed by atoms with Gasteiger partial charge in [-0.05, 0) is 44.2 Å². The Kier molecular flexibility index (Phi) is 8.42. The highest BCUT2D eigenvalue weighted by atomic mass is 28.4. The Morgan fingerprint density at radius 2 is 1.48 bits per heavy atom. The molecule has 0 rings (SSSR count). The molecule has 0 unspecified atom stereocenters. The van der Waals surface area contributed by atoms with Gasteiger partial charge in [-0.3, -0.25) is 0 Å². The predicted molar refractivity (Wildman–Crippen MR) is 105 cm³/mol. The maximum atomic E-state index is 11.5. The summed E-state index contributed by atoms with van der Waals surface area (Å²) < 4.78 is 13.0. The van der Waals surface area contributed by atoms with E-state index in [2.05, 4.69) is 67.4 Å². The molecule has 0 radical (unpaired) electrons. The number of rotatable bonds is 9. The van der Waals surface area contributed by atoms with Gasteiger partial charge in [0.1, 0.15) is 6.29 Å². The van der Waals surface area contributed by atoms with E-state index in [0.29, 0.717) is 0 Å². The Morgan fingerprint density at radius 3 is 1.78 bits per heavy atom. The summed E-state index contributed by atoms with van der Waals surface area (Å²) in [4.78, 5) is 11.5. The first kappa shape index (κ1) is 23.0.